The zero-order chi connectivity index (χ0) is 26.8. The molecule has 1 N–H and O–H groups in total. The first-order valence-electron chi connectivity index (χ1n) is 13.7. The highest BCUT2D eigenvalue weighted by Gasteiger charge is 2.50. The number of hydrogen-bond donors (Lipinski definition) is 1. The number of ether oxygens (including phenoxy) is 2. The van der Waals surface area contributed by atoms with Crippen LogP contribution in [0.5, 0.6) is 0 Å². The lowest BCUT2D eigenvalue weighted by Crippen LogP contribution is -2.59. The number of nitriles is 1. The number of likely N-dealkylation sites (tertiary alicyclic amines) is 1. The van der Waals surface area contributed by atoms with Gasteiger partial charge in [0.2, 0.25) is 5.91 Å². The van der Waals surface area contributed by atoms with E-state index in [-0.39, 0.29) is 16.9 Å². The Morgan fingerprint density at radius 3 is 2.79 bits per heavy atom. The molecule has 2 spiro atoms. The molecule has 3 fully saturated rings. The lowest BCUT2D eigenvalue weighted by molar-refractivity contribution is -0.136. The van der Waals surface area contributed by atoms with Gasteiger partial charge < -0.3 is 19.3 Å². The van der Waals surface area contributed by atoms with E-state index in [1.54, 1.807) is 0 Å². The minimum absolute atomic E-state index is 0.0172. The number of anilines is 1. The molecule has 0 saturated carbocycles. The molecular weight excluding hydrogens is 492 g/mol. The van der Waals surface area contributed by atoms with Crippen LogP contribution in [0.4, 0.5) is 5.82 Å². The molecule has 0 atom stereocenters. The van der Waals surface area contributed by atoms with Crippen molar-refractivity contribution in [2.24, 2.45) is 5.41 Å². The minimum atomic E-state index is -0.274. The first-order valence-corrected chi connectivity index (χ1v) is 13.7. The molecule has 0 aliphatic carbocycles. The number of H-pyrrole nitrogens is 1. The molecule has 2 aromatic heterocycles. The topological polar surface area (TPSA) is 107 Å². The second kappa shape index (κ2) is 8.90. The van der Waals surface area contributed by atoms with Crippen molar-refractivity contribution in [1.29, 1.82) is 5.26 Å². The lowest BCUT2D eigenvalue weighted by Gasteiger charge is -2.47. The number of pyridine rings is 1. The minimum Gasteiger partial charge on any atom is -0.381 e. The summed E-state index contributed by atoms with van der Waals surface area (Å²) in [5.74, 6) is 0.733. The second-order valence-corrected chi connectivity index (χ2v) is 11.6. The van der Waals surface area contributed by atoms with Crippen molar-refractivity contribution in [2.75, 3.05) is 44.3 Å². The average molecular weight is 525 g/mol. The van der Waals surface area contributed by atoms with E-state index >= 15 is 0 Å². The Labute approximate surface area is 227 Å². The van der Waals surface area contributed by atoms with Crippen molar-refractivity contribution in [2.45, 2.75) is 44.8 Å². The van der Waals surface area contributed by atoms with Crippen LogP contribution in [0.25, 0.3) is 22.0 Å². The van der Waals surface area contributed by atoms with Crippen molar-refractivity contribution >= 4 is 22.6 Å². The number of amides is 1. The molecule has 4 aliphatic rings. The molecule has 39 heavy (non-hydrogen) atoms. The van der Waals surface area contributed by atoms with E-state index in [1.165, 1.54) is 6.08 Å². The normalized spacial score (nSPS) is 21.1. The number of carbonyl (C=O) groups is 1. The predicted molar refractivity (Wildman–Crippen MR) is 146 cm³/mol. The van der Waals surface area contributed by atoms with Gasteiger partial charge in [0.25, 0.3) is 0 Å². The molecule has 4 aliphatic heterocycles. The van der Waals surface area contributed by atoms with Crippen LogP contribution in [0.15, 0.2) is 31.0 Å². The Morgan fingerprint density at radius 2 is 2.03 bits per heavy atom. The Bertz CT molecular complexity index is 1540. The summed E-state index contributed by atoms with van der Waals surface area (Å²) in [6.45, 7) is 10.5. The Balaban J connectivity index is 1.36. The first kappa shape index (κ1) is 24.3. The van der Waals surface area contributed by atoms with Crippen molar-refractivity contribution in [1.82, 2.24) is 20.1 Å². The van der Waals surface area contributed by atoms with E-state index in [0.29, 0.717) is 31.8 Å². The van der Waals surface area contributed by atoms with Gasteiger partial charge in [0.05, 0.1) is 29.6 Å². The van der Waals surface area contributed by atoms with Crippen LogP contribution in [-0.2, 0) is 27.3 Å². The van der Waals surface area contributed by atoms with Gasteiger partial charge in [-0.05, 0) is 36.6 Å². The van der Waals surface area contributed by atoms with Crippen molar-refractivity contribution in [3.63, 3.8) is 0 Å². The number of aromatic amines is 1. The zero-order valence-electron chi connectivity index (χ0n) is 22.3. The average Bonchev–Trinajstić information content (AvgIpc) is 3.59. The van der Waals surface area contributed by atoms with E-state index in [0.717, 1.165) is 90.1 Å². The van der Waals surface area contributed by atoms with Crippen LogP contribution in [0, 0.1) is 23.7 Å². The number of nitrogens with zero attached hydrogens (tertiary/aromatic N) is 5. The Morgan fingerprint density at radius 1 is 1.21 bits per heavy atom. The first-order chi connectivity index (χ1) is 18.9. The summed E-state index contributed by atoms with van der Waals surface area (Å²) in [5.41, 5.74) is 6.33. The number of aromatic nitrogens is 3. The fourth-order valence-corrected chi connectivity index (χ4v) is 7.10. The van der Waals surface area contributed by atoms with Crippen LogP contribution in [0.1, 0.15) is 41.6 Å². The zero-order valence-corrected chi connectivity index (χ0v) is 22.3. The van der Waals surface area contributed by atoms with Gasteiger partial charge in [0.1, 0.15) is 17.5 Å². The Hall–Kier alpha value is -3.74. The summed E-state index contributed by atoms with van der Waals surface area (Å²) in [6, 6.07) is 6.67. The SMILES string of the molecule is C=CC(=O)N1CC2(CCN(c3nc4c(c(-c5c(C)ccc6[nH]ncc56)c3C#N)COC3(CCOCC3)C4)C2)C1. The molecule has 6 heterocycles. The van der Waals surface area contributed by atoms with E-state index in [9.17, 15) is 10.1 Å². The summed E-state index contributed by atoms with van der Waals surface area (Å²) in [6.07, 6.45) is 6.59. The number of fused-ring (bicyclic) bond motifs is 2. The molecule has 9 heteroatoms. The molecule has 7 rings (SSSR count). The Kier molecular flexibility index (Phi) is 5.55. The fourth-order valence-electron chi connectivity index (χ4n) is 7.10. The molecule has 0 unspecified atom stereocenters. The highest BCUT2D eigenvalue weighted by molar-refractivity contribution is 5.99. The maximum absolute atomic E-state index is 12.1. The van der Waals surface area contributed by atoms with Crippen LogP contribution in [0.3, 0.4) is 0 Å². The maximum Gasteiger partial charge on any atom is 0.245 e. The third-order valence-corrected chi connectivity index (χ3v) is 9.25. The molecule has 3 aromatic rings. The van der Waals surface area contributed by atoms with E-state index in [1.807, 2.05) is 17.2 Å². The van der Waals surface area contributed by atoms with Crippen LogP contribution >= 0.6 is 0 Å². The van der Waals surface area contributed by atoms with Crippen LogP contribution < -0.4 is 4.90 Å². The third kappa shape index (κ3) is 3.77. The van der Waals surface area contributed by atoms with Crippen LogP contribution in [-0.4, -0.2) is 71.0 Å². The third-order valence-electron chi connectivity index (χ3n) is 9.25. The van der Waals surface area contributed by atoms with Crippen molar-refractivity contribution in [3.05, 3.63) is 53.4 Å². The largest absolute Gasteiger partial charge is 0.381 e. The van der Waals surface area contributed by atoms with Gasteiger partial charge in [-0.3, -0.25) is 9.89 Å². The van der Waals surface area contributed by atoms with Gasteiger partial charge in [-0.1, -0.05) is 12.6 Å². The molecule has 200 valence electrons. The summed E-state index contributed by atoms with van der Waals surface area (Å²) in [4.78, 5) is 21.5. The van der Waals surface area contributed by atoms with E-state index in [2.05, 4.69) is 40.7 Å². The quantitative estimate of drug-likeness (QED) is 0.521. The smallest absolute Gasteiger partial charge is 0.245 e. The van der Waals surface area contributed by atoms with Gasteiger partial charge in [0.15, 0.2) is 0 Å². The molecule has 0 bridgehead atoms. The number of benzene rings is 1. The van der Waals surface area contributed by atoms with Gasteiger partial charge in [-0.15, -0.1) is 0 Å². The maximum atomic E-state index is 12.1. The van der Waals surface area contributed by atoms with Crippen molar-refractivity contribution in [3.8, 4) is 17.2 Å². The van der Waals surface area contributed by atoms with E-state index < -0.39 is 0 Å². The highest BCUT2D eigenvalue weighted by Crippen LogP contribution is 2.47. The fraction of sp³-hybridized carbons (Fsp3) is 0.467. The van der Waals surface area contributed by atoms with Gasteiger partial charge >= 0.3 is 0 Å². The predicted octanol–water partition coefficient (Wildman–Crippen LogP) is 3.65. The molecule has 1 aromatic carbocycles. The number of hydrogen-bond acceptors (Lipinski definition) is 7. The monoisotopic (exact) mass is 524 g/mol. The van der Waals surface area contributed by atoms with Gasteiger partial charge in [-0.25, -0.2) is 4.98 Å². The summed E-state index contributed by atoms with van der Waals surface area (Å²) in [5, 5.41) is 19.1. The molecule has 1 amide bonds. The number of rotatable bonds is 3. The molecule has 0 radical (unpaired) electrons. The summed E-state index contributed by atoms with van der Waals surface area (Å²) >= 11 is 0. The summed E-state index contributed by atoms with van der Waals surface area (Å²) in [7, 11) is 0. The van der Waals surface area contributed by atoms with Gasteiger partial charge in [0, 0.05) is 80.6 Å². The second-order valence-electron chi connectivity index (χ2n) is 11.6. The number of nitrogens with one attached hydrogen (secondary N) is 1. The van der Waals surface area contributed by atoms with Crippen molar-refractivity contribution < 1.29 is 14.3 Å². The van der Waals surface area contributed by atoms with Crippen LogP contribution in [0.2, 0.25) is 0 Å². The number of aryl methyl sites for hydroxylation is 1. The molecule has 3 saturated heterocycles. The standard InChI is InChI=1S/C30H32N6O3/c1-3-25(37)36-17-29(18-36)6-9-35(16-29)28-20(13-31)27(26-19(2)4-5-23-21(26)14-32-34-23)22-15-39-30(12-24(22)33-28)7-10-38-11-8-30/h3-5,14H,1,6-12,15-18H2,2H3,(H,32,34). The molecule has 9 nitrogen and oxygen atoms in total. The van der Waals surface area contributed by atoms with Gasteiger partial charge in [-0.2, -0.15) is 10.4 Å². The van der Waals surface area contributed by atoms with E-state index in [4.69, 9.17) is 14.5 Å². The summed E-state index contributed by atoms with van der Waals surface area (Å²) < 4.78 is 12.2. The molecular formula is C30H32N6O3. The highest BCUT2D eigenvalue weighted by atomic mass is 16.5. The number of carbonyl (C=O) groups excluding carboxylic acids is 1. The lowest BCUT2D eigenvalue weighted by atomic mass is 9.79.